The first-order valence-electron chi connectivity index (χ1n) is 8.67. The smallest absolute Gasteiger partial charge is 0.422 e. The van der Waals surface area contributed by atoms with E-state index in [9.17, 15) is 22.4 Å². The third-order valence-electron chi connectivity index (χ3n) is 4.64. The molecule has 1 aliphatic heterocycles. The van der Waals surface area contributed by atoms with Gasteiger partial charge in [0.2, 0.25) is 0 Å². The fraction of sp³-hybridized carbons (Fsp3) is 0.500. The summed E-state index contributed by atoms with van der Waals surface area (Å²) < 4.78 is 55.3. The molecule has 1 aromatic heterocycles. The second kappa shape index (κ2) is 8.06. The molecule has 0 saturated carbocycles. The minimum atomic E-state index is -4.50. The van der Waals surface area contributed by atoms with E-state index >= 15 is 0 Å². The molecule has 0 amide bonds. The first-order chi connectivity index (χ1) is 12.9. The van der Waals surface area contributed by atoms with E-state index in [0.29, 0.717) is 36.6 Å². The lowest BCUT2D eigenvalue weighted by Crippen LogP contribution is -2.34. The Morgan fingerprint density at radius 2 is 1.96 bits per heavy atom. The third kappa shape index (κ3) is 5.05. The van der Waals surface area contributed by atoms with E-state index in [4.69, 9.17) is 0 Å². The number of allylic oxidation sites excluding steroid dienone is 4. The molecule has 0 bridgehead atoms. The molecule has 1 aliphatic carbocycles. The Bertz CT molecular complexity index is 753. The van der Waals surface area contributed by atoms with Gasteiger partial charge in [-0.3, -0.25) is 0 Å². The zero-order valence-corrected chi connectivity index (χ0v) is 14.5. The molecule has 1 fully saturated rings. The molecule has 5 nitrogen and oxygen atoms in total. The van der Waals surface area contributed by atoms with Crippen molar-refractivity contribution in [3.63, 3.8) is 0 Å². The molecule has 3 rings (SSSR count). The van der Waals surface area contributed by atoms with Gasteiger partial charge in [0.1, 0.15) is 24.2 Å². The average Bonchev–Trinajstić information content (AvgIpc) is 2.66. The summed E-state index contributed by atoms with van der Waals surface area (Å²) in [5.74, 6) is -0.347. The number of rotatable bonds is 5. The SMILES string of the molecule is O=CC1CCN(c2cc(C3=CC(F)=C(OCC(F)(F)F)CC3)ncn2)CC1. The number of carbonyl (C=O) groups excluding carboxylic acids is 1. The van der Waals surface area contributed by atoms with Gasteiger partial charge in [0.25, 0.3) is 0 Å². The van der Waals surface area contributed by atoms with E-state index in [1.54, 1.807) is 6.07 Å². The normalized spacial score (nSPS) is 19.1. The second-order valence-corrected chi connectivity index (χ2v) is 6.57. The van der Waals surface area contributed by atoms with Crippen molar-refractivity contribution in [2.45, 2.75) is 31.9 Å². The van der Waals surface area contributed by atoms with Crippen molar-refractivity contribution in [2.75, 3.05) is 24.6 Å². The summed E-state index contributed by atoms with van der Waals surface area (Å²) in [6.45, 7) is -0.113. The molecule has 0 N–H and O–H groups in total. The Balaban J connectivity index is 1.72. The highest BCUT2D eigenvalue weighted by molar-refractivity contribution is 5.68. The lowest BCUT2D eigenvalue weighted by molar-refractivity contribution is -0.165. The van der Waals surface area contributed by atoms with Crippen LogP contribution in [0.4, 0.5) is 23.4 Å². The highest BCUT2D eigenvalue weighted by Crippen LogP contribution is 2.33. The predicted octanol–water partition coefficient (Wildman–Crippen LogP) is 3.83. The van der Waals surface area contributed by atoms with Crippen molar-refractivity contribution in [1.29, 1.82) is 0 Å². The van der Waals surface area contributed by atoms with Gasteiger partial charge in [-0.15, -0.1) is 0 Å². The summed E-state index contributed by atoms with van der Waals surface area (Å²) in [6.07, 6.45) is 0.890. The molecule has 0 atom stereocenters. The van der Waals surface area contributed by atoms with E-state index in [-0.39, 0.29) is 18.1 Å². The maximum absolute atomic E-state index is 14.1. The molecule has 1 aromatic rings. The molecule has 2 heterocycles. The molecule has 9 heteroatoms. The summed E-state index contributed by atoms with van der Waals surface area (Å²) in [7, 11) is 0. The van der Waals surface area contributed by atoms with Gasteiger partial charge >= 0.3 is 6.18 Å². The summed E-state index contributed by atoms with van der Waals surface area (Å²) in [5, 5.41) is 0. The van der Waals surface area contributed by atoms with E-state index in [2.05, 4.69) is 14.7 Å². The van der Waals surface area contributed by atoms with Crippen molar-refractivity contribution < 1.29 is 27.1 Å². The Labute approximate surface area is 153 Å². The maximum Gasteiger partial charge on any atom is 0.422 e. The van der Waals surface area contributed by atoms with Crippen LogP contribution in [0, 0.1) is 5.92 Å². The predicted molar refractivity (Wildman–Crippen MR) is 90.4 cm³/mol. The van der Waals surface area contributed by atoms with Crippen LogP contribution in [0.5, 0.6) is 0 Å². The third-order valence-corrected chi connectivity index (χ3v) is 4.64. The van der Waals surface area contributed by atoms with E-state index in [1.165, 1.54) is 12.4 Å². The van der Waals surface area contributed by atoms with Gasteiger partial charge in [-0.2, -0.15) is 13.2 Å². The molecule has 27 heavy (non-hydrogen) atoms. The standard InChI is InChI=1S/C18H19F4N3O2/c19-14-7-13(1-2-16(14)27-10-18(20,21)22)15-8-17(24-11-23-15)25-5-3-12(9-26)4-6-25/h7-9,11-12H,1-6,10H2. The van der Waals surface area contributed by atoms with Gasteiger partial charge in [0, 0.05) is 31.5 Å². The second-order valence-electron chi connectivity index (χ2n) is 6.57. The minimum absolute atomic E-state index is 0.0395. The van der Waals surface area contributed by atoms with Gasteiger partial charge < -0.3 is 14.4 Å². The molecular formula is C18H19F4N3O2. The van der Waals surface area contributed by atoms with Crippen LogP contribution in [0.1, 0.15) is 31.4 Å². The zero-order valence-electron chi connectivity index (χ0n) is 14.5. The topological polar surface area (TPSA) is 55.3 Å². The van der Waals surface area contributed by atoms with Crippen LogP contribution in [0.2, 0.25) is 0 Å². The molecular weight excluding hydrogens is 366 g/mol. The van der Waals surface area contributed by atoms with E-state index in [0.717, 1.165) is 19.1 Å². The number of aldehydes is 1. The Kier molecular flexibility index (Phi) is 5.76. The fourth-order valence-corrected chi connectivity index (χ4v) is 3.15. The van der Waals surface area contributed by atoms with Crippen molar-refractivity contribution >= 4 is 17.7 Å². The van der Waals surface area contributed by atoms with Gasteiger partial charge in [0.15, 0.2) is 12.4 Å². The Hall–Kier alpha value is -2.45. The van der Waals surface area contributed by atoms with Gasteiger partial charge in [-0.25, -0.2) is 14.4 Å². The van der Waals surface area contributed by atoms with Crippen LogP contribution in [-0.4, -0.2) is 42.1 Å². The number of hydrogen-bond donors (Lipinski definition) is 0. The minimum Gasteiger partial charge on any atom is -0.485 e. The zero-order chi connectivity index (χ0) is 19.4. The van der Waals surface area contributed by atoms with Gasteiger partial charge in [-0.1, -0.05) is 0 Å². The first-order valence-corrected chi connectivity index (χ1v) is 8.67. The summed E-state index contributed by atoms with van der Waals surface area (Å²) in [4.78, 5) is 21.3. The largest absolute Gasteiger partial charge is 0.485 e. The number of ether oxygens (including phenoxy) is 1. The van der Waals surface area contributed by atoms with Crippen LogP contribution >= 0.6 is 0 Å². The lowest BCUT2D eigenvalue weighted by Gasteiger charge is -2.30. The van der Waals surface area contributed by atoms with Crippen LogP contribution in [0.15, 0.2) is 30.1 Å². The van der Waals surface area contributed by atoms with Crippen molar-refractivity contribution in [3.05, 3.63) is 35.7 Å². The monoisotopic (exact) mass is 385 g/mol. The van der Waals surface area contributed by atoms with Gasteiger partial charge in [0.05, 0.1) is 5.69 Å². The molecule has 0 radical (unpaired) electrons. The average molecular weight is 385 g/mol. The quantitative estimate of drug-likeness (QED) is 0.570. The highest BCUT2D eigenvalue weighted by atomic mass is 19.4. The van der Waals surface area contributed by atoms with Crippen LogP contribution in [0.3, 0.4) is 0 Å². The number of anilines is 1. The molecule has 0 unspecified atom stereocenters. The van der Waals surface area contributed by atoms with Crippen LogP contribution in [-0.2, 0) is 9.53 Å². The molecule has 2 aliphatic rings. The van der Waals surface area contributed by atoms with E-state index < -0.39 is 18.6 Å². The summed E-state index contributed by atoms with van der Waals surface area (Å²) in [5.41, 5.74) is 1.11. The first kappa shape index (κ1) is 19.3. The Morgan fingerprint density at radius 1 is 1.22 bits per heavy atom. The highest BCUT2D eigenvalue weighted by Gasteiger charge is 2.30. The van der Waals surface area contributed by atoms with E-state index in [1.807, 2.05) is 4.90 Å². The molecule has 0 spiro atoms. The number of hydrogen-bond acceptors (Lipinski definition) is 5. The number of carbonyl (C=O) groups is 1. The summed E-state index contributed by atoms with van der Waals surface area (Å²) in [6, 6.07) is 1.74. The fourth-order valence-electron chi connectivity index (χ4n) is 3.15. The number of halogens is 4. The molecule has 1 saturated heterocycles. The van der Waals surface area contributed by atoms with Crippen LogP contribution < -0.4 is 4.90 Å². The Morgan fingerprint density at radius 3 is 2.59 bits per heavy atom. The molecule has 0 aromatic carbocycles. The maximum atomic E-state index is 14.1. The number of piperidine rings is 1. The lowest BCUT2D eigenvalue weighted by atomic mass is 9.98. The van der Waals surface area contributed by atoms with Crippen molar-refractivity contribution in [3.8, 4) is 0 Å². The van der Waals surface area contributed by atoms with Crippen LogP contribution in [0.25, 0.3) is 5.57 Å². The van der Waals surface area contributed by atoms with Gasteiger partial charge in [-0.05, 0) is 30.9 Å². The van der Waals surface area contributed by atoms with Crippen molar-refractivity contribution in [1.82, 2.24) is 9.97 Å². The number of aromatic nitrogens is 2. The number of nitrogens with zero attached hydrogens (tertiary/aromatic N) is 3. The summed E-state index contributed by atoms with van der Waals surface area (Å²) >= 11 is 0. The number of alkyl halides is 3. The van der Waals surface area contributed by atoms with Crippen molar-refractivity contribution in [2.24, 2.45) is 5.92 Å². The molecule has 146 valence electrons.